The normalized spacial score (nSPS) is 25.0. The number of rotatable bonds is 4. The second-order valence-electron chi connectivity index (χ2n) is 6.44. The van der Waals surface area contributed by atoms with Crippen LogP contribution < -0.4 is 5.32 Å². The van der Waals surface area contributed by atoms with Crippen molar-refractivity contribution in [2.75, 3.05) is 45.9 Å². The SMILES string of the molecule is Cc1cccc(CCNC(=O)N2C[C@H](O)[C@@H](N3CCOCC3)C2)n1. The van der Waals surface area contributed by atoms with Crippen LogP contribution in [0.5, 0.6) is 0 Å². The van der Waals surface area contributed by atoms with Crippen LogP contribution in [0.25, 0.3) is 0 Å². The molecule has 0 aromatic carbocycles. The number of hydrogen-bond donors (Lipinski definition) is 2. The van der Waals surface area contributed by atoms with Gasteiger partial charge in [-0.25, -0.2) is 4.79 Å². The predicted molar refractivity (Wildman–Crippen MR) is 89.8 cm³/mol. The second kappa shape index (κ2) is 7.92. The molecule has 2 aliphatic heterocycles. The number of pyridine rings is 1. The van der Waals surface area contributed by atoms with Gasteiger partial charge in [0.2, 0.25) is 0 Å². The summed E-state index contributed by atoms with van der Waals surface area (Å²) in [6.45, 7) is 6.47. The number of hydrogen-bond acceptors (Lipinski definition) is 5. The number of aromatic nitrogens is 1. The lowest BCUT2D eigenvalue weighted by molar-refractivity contribution is -0.00607. The van der Waals surface area contributed by atoms with Gasteiger partial charge in [0, 0.05) is 50.5 Å². The molecule has 2 amide bonds. The number of urea groups is 1. The molecule has 2 fully saturated rings. The Morgan fingerprint density at radius 1 is 1.38 bits per heavy atom. The molecule has 0 spiro atoms. The molecule has 1 aromatic heterocycles. The smallest absolute Gasteiger partial charge is 0.317 e. The van der Waals surface area contributed by atoms with Crippen LogP contribution in [0.1, 0.15) is 11.4 Å². The molecule has 0 radical (unpaired) electrons. The van der Waals surface area contributed by atoms with Gasteiger partial charge >= 0.3 is 6.03 Å². The molecule has 2 aliphatic rings. The fourth-order valence-corrected chi connectivity index (χ4v) is 3.35. The molecule has 0 saturated carbocycles. The Morgan fingerprint density at radius 2 is 2.17 bits per heavy atom. The average Bonchev–Trinajstić information content (AvgIpc) is 2.98. The fraction of sp³-hybridized carbons (Fsp3) is 0.647. The van der Waals surface area contributed by atoms with E-state index in [-0.39, 0.29) is 12.1 Å². The van der Waals surface area contributed by atoms with Gasteiger partial charge in [0.25, 0.3) is 0 Å². The fourth-order valence-electron chi connectivity index (χ4n) is 3.35. The summed E-state index contributed by atoms with van der Waals surface area (Å²) < 4.78 is 5.35. The number of aliphatic hydroxyl groups excluding tert-OH is 1. The number of ether oxygens (including phenoxy) is 1. The first-order valence-corrected chi connectivity index (χ1v) is 8.58. The van der Waals surface area contributed by atoms with Crippen LogP contribution in [0, 0.1) is 6.92 Å². The highest BCUT2D eigenvalue weighted by Crippen LogP contribution is 2.17. The number of morpholine rings is 1. The zero-order valence-corrected chi connectivity index (χ0v) is 14.1. The Kier molecular flexibility index (Phi) is 5.65. The molecular formula is C17H26N4O3. The zero-order chi connectivity index (χ0) is 16.9. The van der Waals surface area contributed by atoms with Crippen LogP contribution >= 0.6 is 0 Å². The molecule has 2 N–H and O–H groups in total. The molecule has 2 saturated heterocycles. The number of carbonyl (C=O) groups excluding carboxylic acids is 1. The van der Waals surface area contributed by atoms with E-state index in [2.05, 4.69) is 15.2 Å². The molecule has 132 valence electrons. The van der Waals surface area contributed by atoms with E-state index in [0.717, 1.165) is 24.5 Å². The summed E-state index contributed by atoms with van der Waals surface area (Å²) in [5.41, 5.74) is 1.96. The van der Waals surface area contributed by atoms with E-state index in [1.54, 1.807) is 4.90 Å². The Balaban J connectivity index is 1.45. The number of aryl methyl sites for hydroxylation is 1. The van der Waals surface area contributed by atoms with Gasteiger partial charge in [-0.15, -0.1) is 0 Å². The monoisotopic (exact) mass is 334 g/mol. The first kappa shape index (κ1) is 17.1. The van der Waals surface area contributed by atoms with Crippen LogP contribution in [0.15, 0.2) is 18.2 Å². The van der Waals surface area contributed by atoms with Crippen LogP contribution in [-0.2, 0) is 11.2 Å². The highest BCUT2D eigenvalue weighted by Gasteiger charge is 2.37. The van der Waals surface area contributed by atoms with Crippen LogP contribution in [0.4, 0.5) is 4.79 Å². The van der Waals surface area contributed by atoms with Crippen molar-refractivity contribution in [3.8, 4) is 0 Å². The molecule has 0 unspecified atom stereocenters. The van der Waals surface area contributed by atoms with Crippen molar-refractivity contribution in [2.24, 2.45) is 0 Å². The summed E-state index contributed by atoms with van der Waals surface area (Å²) in [6, 6.07) is 5.80. The zero-order valence-electron chi connectivity index (χ0n) is 14.1. The lowest BCUT2D eigenvalue weighted by Gasteiger charge is -2.33. The summed E-state index contributed by atoms with van der Waals surface area (Å²) in [6.07, 6.45) is 0.212. The first-order chi connectivity index (χ1) is 11.6. The number of carbonyl (C=O) groups is 1. The van der Waals surface area contributed by atoms with E-state index in [1.165, 1.54) is 0 Å². The Bertz CT molecular complexity index is 563. The van der Waals surface area contributed by atoms with E-state index in [4.69, 9.17) is 4.74 Å². The molecule has 24 heavy (non-hydrogen) atoms. The van der Waals surface area contributed by atoms with E-state index < -0.39 is 6.10 Å². The molecule has 0 aliphatic carbocycles. The van der Waals surface area contributed by atoms with Gasteiger partial charge in [-0.05, 0) is 19.1 Å². The summed E-state index contributed by atoms with van der Waals surface area (Å²) in [4.78, 5) is 20.7. The largest absolute Gasteiger partial charge is 0.390 e. The van der Waals surface area contributed by atoms with Crippen molar-refractivity contribution in [3.63, 3.8) is 0 Å². The minimum Gasteiger partial charge on any atom is -0.390 e. The Morgan fingerprint density at radius 3 is 2.92 bits per heavy atom. The summed E-state index contributed by atoms with van der Waals surface area (Å²) in [5, 5.41) is 13.2. The van der Waals surface area contributed by atoms with Crippen molar-refractivity contribution in [2.45, 2.75) is 25.5 Å². The Hall–Kier alpha value is -1.70. The quantitative estimate of drug-likeness (QED) is 0.812. The van der Waals surface area contributed by atoms with E-state index in [1.807, 2.05) is 25.1 Å². The number of likely N-dealkylation sites (tertiary alicyclic amines) is 1. The van der Waals surface area contributed by atoms with Crippen molar-refractivity contribution in [3.05, 3.63) is 29.6 Å². The number of nitrogens with zero attached hydrogens (tertiary/aromatic N) is 3. The van der Waals surface area contributed by atoms with Crippen molar-refractivity contribution >= 4 is 6.03 Å². The summed E-state index contributed by atoms with van der Waals surface area (Å²) in [5.74, 6) is 0. The number of nitrogens with one attached hydrogen (secondary N) is 1. The van der Waals surface area contributed by atoms with Crippen molar-refractivity contribution < 1.29 is 14.6 Å². The third-order valence-corrected chi connectivity index (χ3v) is 4.66. The molecule has 0 bridgehead atoms. The van der Waals surface area contributed by atoms with Gasteiger partial charge in [-0.1, -0.05) is 6.07 Å². The lowest BCUT2D eigenvalue weighted by atomic mass is 10.2. The highest BCUT2D eigenvalue weighted by atomic mass is 16.5. The minimum absolute atomic E-state index is 0.0121. The molecule has 3 heterocycles. The maximum absolute atomic E-state index is 12.3. The highest BCUT2D eigenvalue weighted by molar-refractivity contribution is 5.74. The topological polar surface area (TPSA) is 77.9 Å². The van der Waals surface area contributed by atoms with E-state index in [0.29, 0.717) is 39.3 Å². The van der Waals surface area contributed by atoms with E-state index >= 15 is 0 Å². The first-order valence-electron chi connectivity index (χ1n) is 8.58. The molecule has 7 heteroatoms. The Labute approximate surface area is 142 Å². The average molecular weight is 334 g/mol. The maximum atomic E-state index is 12.3. The molecule has 7 nitrogen and oxygen atoms in total. The van der Waals surface area contributed by atoms with Crippen molar-refractivity contribution in [1.29, 1.82) is 0 Å². The van der Waals surface area contributed by atoms with Gasteiger partial charge in [-0.3, -0.25) is 9.88 Å². The van der Waals surface area contributed by atoms with Gasteiger partial charge in [0.05, 0.1) is 25.4 Å². The van der Waals surface area contributed by atoms with Gasteiger partial charge in [0.15, 0.2) is 0 Å². The number of amides is 2. The van der Waals surface area contributed by atoms with Crippen LogP contribution in [0.2, 0.25) is 0 Å². The molecule has 2 atom stereocenters. The minimum atomic E-state index is -0.493. The summed E-state index contributed by atoms with van der Waals surface area (Å²) >= 11 is 0. The van der Waals surface area contributed by atoms with Crippen molar-refractivity contribution in [1.82, 2.24) is 20.1 Å². The predicted octanol–water partition coefficient (Wildman–Crippen LogP) is 0.0194. The van der Waals surface area contributed by atoms with Gasteiger partial charge < -0.3 is 20.1 Å². The standard InChI is InChI=1S/C17H26N4O3/c1-13-3-2-4-14(19-13)5-6-18-17(23)21-11-15(16(22)12-21)20-7-9-24-10-8-20/h2-4,15-16,22H,5-12H2,1H3,(H,18,23)/t15-,16-/m0/s1. The second-order valence-corrected chi connectivity index (χ2v) is 6.44. The summed E-state index contributed by atoms with van der Waals surface area (Å²) in [7, 11) is 0. The molecular weight excluding hydrogens is 308 g/mol. The molecule has 3 rings (SSSR count). The van der Waals surface area contributed by atoms with E-state index in [9.17, 15) is 9.90 Å². The lowest BCUT2D eigenvalue weighted by Crippen LogP contribution is -2.49. The number of aliphatic hydroxyl groups is 1. The van der Waals surface area contributed by atoms with Gasteiger partial charge in [0.1, 0.15) is 0 Å². The maximum Gasteiger partial charge on any atom is 0.317 e. The molecule has 1 aromatic rings. The van der Waals surface area contributed by atoms with Crippen LogP contribution in [-0.4, -0.2) is 84.0 Å². The third-order valence-electron chi connectivity index (χ3n) is 4.66. The van der Waals surface area contributed by atoms with Gasteiger partial charge in [-0.2, -0.15) is 0 Å². The third kappa shape index (κ3) is 4.23. The van der Waals surface area contributed by atoms with Crippen LogP contribution in [0.3, 0.4) is 0 Å². The number of β-amino-alcohol motifs (C(OH)–C–C–N with tert-alkyl or cyclic N) is 1.